The predicted molar refractivity (Wildman–Crippen MR) is 73.5 cm³/mol. The van der Waals surface area contributed by atoms with Crippen molar-refractivity contribution in [3.63, 3.8) is 0 Å². The van der Waals surface area contributed by atoms with E-state index in [2.05, 4.69) is 10.6 Å². The molecule has 0 bridgehead atoms. The van der Waals surface area contributed by atoms with E-state index in [1.807, 2.05) is 6.92 Å². The zero-order valence-electron chi connectivity index (χ0n) is 11.8. The summed E-state index contributed by atoms with van der Waals surface area (Å²) in [6, 6.07) is 5.59. The number of halogens is 3. The van der Waals surface area contributed by atoms with E-state index in [0.717, 1.165) is 19.0 Å². The van der Waals surface area contributed by atoms with E-state index in [1.54, 1.807) is 6.07 Å². The molecule has 1 saturated heterocycles. The number of piperidine rings is 1. The van der Waals surface area contributed by atoms with Crippen LogP contribution in [0.1, 0.15) is 30.9 Å². The van der Waals surface area contributed by atoms with Gasteiger partial charge in [-0.3, -0.25) is 4.79 Å². The van der Waals surface area contributed by atoms with Gasteiger partial charge in [-0.05, 0) is 37.9 Å². The van der Waals surface area contributed by atoms with Crippen molar-refractivity contribution in [2.24, 2.45) is 5.92 Å². The molecule has 0 aliphatic carbocycles. The first kappa shape index (κ1) is 15.8. The Morgan fingerprint density at radius 3 is 2.76 bits per heavy atom. The summed E-state index contributed by atoms with van der Waals surface area (Å²) in [5, 5.41) is 5.88. The topological polar surface area (TPSA) is 41.1 Å². The Kier molecular flexibility index (Phi) is 4.88. The number of hydrogen-bond donors (Lipinski definition) is 2. The van der Waals surface area contributed by atoms with E-state index >= 15 is 0 Å². The quantitative estimate of drug-likeness (QED) is 0.901. The van der Waals surface area contributed by atoms with Gasteiger partial charge in [0.05, 0.1) is 5.56 Å². The molecule has 21 heavy (non-hydrogen) atoms. The lowest BCUT2D eigenvalue weighted by Gasteiger charge is -2.27. The highest BCUT2D eigenvalue weighted by Gasteiger charge is 2.33. The summed E-state index contributed by atoms with van der Waals surface area (Å²) in [7, 11) is 0. The van der Waals surface area contributed by atoms with Crippen LogP contribution in [-0.2, 0) is 17.5 Å². The summed E-state index contributed by atoms with van der Waals surface area (Å²) in [5.41, 5.74) is -0.593. The van der Waals surface area contributed by atoms with E-state index in [-0.39, 0.29) is 30.0 Å². The molecule has 0 saturated carbocycles. The smallest absolute Gasteiger partial charge is 0.352 e. The second-order valence-electron chi connectivity index (χ2n) is 5.45. The average molecular weight is 300 g/mol. The van der Waals surface area contributed by atoms with Gasteiger partial charge in [0.1, 0.15) is 0 Å². The Balaban J connectivity index is 1.98. The van der Waals surface area contributed by atoms with Crippen LogP contribution in [0.25, 0.3) is 0 Å². The van der Waals surface area contributed by atoms with E-state index < -0.39 is 11.7 Å². The minimum atomic E-state index is -4.40. The van der Waals surface area contributed by atoms with Crippen LogP contribution in [0.5, 0.6) is 0 Å². The highest BCUT2D eigenvalue weighted by Crippen LogP contribution is 2.31. The predicted octanol–water partition coefficient (Wildman–Crippen LogP) is 2.71. The lowest BCUT2D eigenvalue weighted by atomic mass is 9.92. The Morgan fingerprint density at radius 2 is 2.10 bits per heavy atom. The molecule has 1 amide bonds. The molecular formula is C15H19F3N2O. The number of nitrogens with one attached hydrogen (secondary N) is 2. The van der Waals surface area contributed by atoms with Gasteiger partial charge in [0.25, 0.3) is 0 Å². The molecule has 1 fully saturated rings. The van der Waals surface area contributed by atoms with Crippen molar-refractivity contribution in [3.8, 4) is 0 Å². The van der Waals surface area contributed by atoms with Gasteiger partial charge in [0.2, 0.25) is 5.91 Å². The number of alkyl halides is 3. The molecule has 116 valence electrons. The van der Waals surface area contributed by atoms with Gasteiger partial charge in [-0.25, -0.2) is 0 Å². The van der Waals surface area contributed by atoms with Crippen LogP contribution in [0.4, 0.5) is 13.2 Å². The summed E-state index contributed by atoms with van der Waals surface area (Å²) in [4.78, 5) is 12.1. The fourth-order valence-electron chi connectivity index (χ4n) is 2.65. The number of carbonyl (C=O) groups is 1. The zero-order chi connectivity index (χ0) is 15.5. The molecule has 1 aromatic carbocycles. The van der Waals surface area contributed by atoms with Gasteiger partial charge in [-0.1, -0.05) is 18.2 Å². The van der Waals surface area contributed by atoms with Crippen molar-refractivity contribution >= 4 is 5.91 Å². The molecular weight excluding hydrogens is 281 g/mol. The molecule has 3 nitrogen and oxygen atoms in total. The first-order valence-corrected chi connectivity index (χ1v) is 7.04. The van der Waals surface area contributed by atoms with E-state index in [4.69, 9.17) is 0 Å². The fraction of sp³-hybridized carbons (Fsp3) is 0.533. The molecule has 0 spiro atoms. The Labute approximate surface area is 121 Å². The SMILES string of the molecule is CC1CC(C(=O)NCc2ccccc2C(F)(F)F)CCN1. The van der Waals surface area contributed by atoms with Crippen LogP contribution < -0.4 is 10.6 Å². The van der Waals surface area contributed by atoms with Gasteiger partial charge in [-0.15, -0.1) is 0 Å². The van der Waals surface area contributed by atoms with Gasteiger partial charge in [0, 0.05) is 18.5 Å². The molecule has 1 aliphatic rings. The van der Waals surface area contributed by atoms with Crippen LogP contribution in [0.15, 0.2) is 24.3 Å². The van der Waals surface area contributed by atoms with E-state index in [1.165, 1.54) is 12.1 Å². The Bertz CT molecular complexity index is 502. The number of amides is 1. The summed E-state index contributed by atoms with van der Waals surface area (Å²) in [6.45, 7) is 2.67. The van der Waals surface area contributed by atoms with Gasteiger partial charge in [0.15, 0.2) is 0 Å². The summed E-state index contributed by atoms with van der Waals surface area (Å²) >= 11 is 0. The second kappa shape index (κ2) is 6.47. The molecule has 1 heterocycles. The second-order valence-corrected chi connectivity index (χ2v) is 5.45. The number of carbonyl (C=O) groups excluding carboxylic acids is 1. The number of benzene rings is 1. The summed E-state index contributed by atoms with van der Waals surface area (Å²) < 4.78 is 38.6. The van der Waals surface area contributed by atoms with Crippen molar-refractivity contribution in [1.82, 2.24) is 10.6 Å². The molecule has 2 unspecified atom stereocenters. The van der Waals surface area contributed by atoms with Gasteiger partial charge >= 0.3 is 6.18 Å². The summed E-state index contributed by atoms with van der Waals surface area (Å²) in [5.74, 6) is -0.292. The van der Waals surface area contributed by atoms with Crippen LogP contribution in [0.3, 0.4) is 0 Å². The molecule has 2 N–H and O–H groups in total. The zero-order valence-corrected chi connectivity index (χ0v) is 11.8. The standard InChI is InChI=1S/C15H19F3N2O/c1-10-8-11(6-7-19-10)14(21)20-9-12-4-2-3-5-13(12)15(16,17)18/h2-5,10-11,19H,6-9H2,1H3,(H,20,21). The normalized spacial score (nSPS) is 22.9. The first-order valence-electron chi connectivity index (χ1n) is 7.04. The van der Waals surface area contributed by atoms with Crippen molar-refractivity contribution in [2.45, 2.75) is 38.5 Å². The maximum Gasteiger partial charge on any atom is 0.416 e. The van der Waals surface area contributed by atoms with E-state index in [9.17, 15) is 18.0 Å². The van der Waals surface area contributed by atoms with E-state index in [0.29, 0.717) is 6.42 Å². The van der Waals surface area contributed by atoms with Gasteiger partial charge < -0.3 is 10.6 Å². The third-order valence-electron chi connectivity index (χ3n) is 3.77. The molecule has 1 aromatic rings. The molecule has 2 rings (SSSR count). The Morgan fingerprint density at radius 1 is 1.38 bits per heavy atom. The van der Waals surface area contributed by atoms with Gasteiger partial charge in [-0.2, -0.15) is 13.2 Å². The molecule has 2 atom stereocenters. The van der Waals surface area contributed by atoms with Crippen LogP contribution in [0.2, 0.25) is 0 Å². The fourth-order valence-corrected chi connectivity index (χ4v) is 2.65. The minimum Gasteiger partial charge on any atom is -0.352 e. The third kappa shape index (κ3) is 4.20. The minimum absolute atomic E-state index is 0.0905. The maximum atomic E-state index is 12.9. The van der Waals surface area contributed by atoms with Crippen molar-refractivity contribution in [1.29, 1.82) is 0 Å². The molecule has 6 heteroatoms. The number of rotatable bonds is 3. The molecule has 0 radical (unpaired) electrons. The highest BCUT2D eigenvalue weighted by molar-refractivity contribution is 5.78. The van der Waals surface area contributed by atoms with Crippen LogP contribution in [-0.4, -0.2) is 18.5 Å². The van der Waals surface area contributed by atoms with Crippen molar-refractivity contribution < 1.29 is 18.0 Å². The first-order chi connectivity index (χ1) is 9.88. The molecule has 0 aromatic heterocycles. The maximum absolute atomic E-state index is 12.9. The Hall–Kier alpha value is -1.56. The third-order valence-corrected chi connectivity index (χ3v) is 3.77. The van der Waals surface area contributed by atoms with Crippen molar-refractivity contribution in [3.05, 3.63) is 35.4 Å². The average Bonchev–Trinajstić information content (AvgIpc) is 2.44. The van der Waals surface area contributed by atoms with Crippen LogP contribution in [0, 0.1) is 5.92 Å². The monoisotopic (exact) mass is 300 g/mol. The molecule has 1 aliphatic heterocycles. The lowest BCUT2D eigenvalue weighted by Crippen LogP contribution is -2.42. The lowest BCUT2D eigenvalue weighted by molar-refractivity contribution is -0.138. The largest absolute Gasteiger partial charge is 0.416 e. The number of hydrogen-bond acceptors (Lipinski definition) is 2. The highest BCUT2D eigenvalue weighted by atomic mass is 19.4. The van der Waals surface area contributed by atoms with Crippen LogP contribution >= 0.6 is 0 Å². The summed E-state index contributed by atoms with van der Waals surface area (Å²) in [6.07, 6.45) is -2.96. The van der Waals surface area contributed by atoms with Crippen molar-refractivity contribution in [2.75, 3.05) is 6.54 Å².